The first-order valence-electron chi connectivity index (χ1n) is 22.9. The van der Waals surface area contributed by atoms with Crippen molar-refractivity contribution in [3.63, 3.8) is 0 Å². The molecule has 5 heterocycles. The summed E-state index contributed by atoms with van der Waals surface area (Å²) in [6, 6.07) is 54.0. The molecular formula is C59H47BN2OS. The zero-order valence-corrected chi connectivity index (χ0v) is 38.4. The second-order valence-electron chi connectivity index (χ2n) is 21.3. The number of hydrogen-bond donors (Lipinski definition) is 0. The van der Waals surface area contributed by atoms with Crippen molar-refractivity contribution in [1.82, 2.24) is 4.57 Å². The monoisotopic (exact) mass is 842 g/mol. The van der Waals surface area contributed by atoms with Crippen molar-refractivity contribution < 1.29 is 4.42 Å². The SMILES string of the molecule is CC(C)(C)c1ccc(N2B3c4cc5c(cc4-n4c6cc7c(cc6c6ccc(c3c64)-c3cc4oc6ccc(C(C)(C)C)cc6c4cc32)-c2ccccc2C7(C)C)sc2ccccc25)cc1. The van der Waals surface area contributed by atoms with Crippen molar-refractivity contribution in [2.45, 2.75) is 71.6 Å². The van der Waals surface area contributed by atoms with Crippen LogP contribution in [0.15, 0.2) is 144 Å². The smallest absolute Gasteiger partial charge is 0.333 e. The highest BCUT2D eigenvalue weighted by Gasteiger charge is 2.45. The average molecular weight is 843 g/mol. The molecule has 1 aliphatic carbocycles. The summed E-state index contributed by atoms with van der Waals surface area (Å²) in [5.74, 6) is 0. The molecule has 0 saturated heterocycles. The maximum absolute atomic E-state index is 6.80. The van der Waals surface area contributed by atoms with Gasteiger partial charge in [0.1, 0.15) is 11.2 Å². The minimum absolute atomic E-state index is 0.0118. The van der Waals surface area contributed by atoms with Gasteiger partial charge in [-0.1, -0.05) is 134 Å². The molecule has 0 radical (unpaired) electrons. The van der Waals surface area contributed by atoms with E-state index in [1.54, 1.807) is 0 Å². The number of rotatable bonds is 1. The fourth-order valence-electron chi connectivity index (χ4n) is 11.9. The Morgan fingerprint density at radius 2 is 1.27 bits per heavy atom. The molecule has 14 rings (SSSR count). The first kappa shape index (κ1) is 36.9. The van der Waals surface area contributed by atoms with Crippen molar-refractivity contribution in [3.05, 3.63) is 162 Å². The highest BCUT2D eigenvalue weighted by molar-refractivity contribution is 7.26. The summed E-state index contributed by atoms with van der Waals surface area (Å²) in [4.78, 5) is 2.68. The summed E-state index contributed by atoms with van der Waals surface area (Å²) < 4.78 is 12.1. The van der Waals surface area contributed by atoms with E-state index in [0.717, 1.165) is 16.6 Å². The van der Waals surface area contributed by atoms with E-state index in [4.69, 9.17) is 4.42 Å². The summed E-state index contributed by atoms with van der Waals surface area (Å²) >= 11 is 1.91. The number of benzene rings is 8. The standard InChI is InChI=1S/C59H47BN2OS/c1-57(2,3)32-17-20-34(21-18-32)62-49-28-43-42-25-33(58(4,5)6)19-24-51(42)63-52(43)29-41(49)37-22-23-38-40-26-39-35-13-9-11-15-45(35)59(7,8)46(39)30-48(40)61-50-31-54-44(36-14-10-12-16-53(36)64-54)27-47(50)60(62)55(37)56(38)61/h9-31H,1-8H3. The van der Waals surface area contributed by atoms with Crippen LogP contribution in [0, 0.1) is 0 Å². The summed E-state index contributed by atoms with van der Waals surface area (Å²) in [5, 5.41) is 7.58. The van der Waals surface area contributed by atoms with Gasteiger partial charge in [-0.2, -0.15) is 0 Å². The molecule has 0 amide bonds. The number of fused-ring (bicyclic) bond motifs is 17. The lowest BCUT2D eigenvalue weighted by atomic mass is 9.44. The van der Waals surface area contributed by atoms with E-state index in [1.807, 2.05) is 11.3 Å². The van der Waals surface area contributed by atoms with Gasteiger partial charge in [0.25, 0.3) is 0 Å². The summed E-state index contributed by atoms with van der Waals surface area (Å²) in [7, 11) is 0. The third-order valence-electron chi connectivity index (χ3n) is 15.3. The molecule has 5 heteroatoms. The molecule has 64 heavy (non-hydrogen) atoms. The Bertz CT molecular complexity index is 3900. The van der Waals surface area contributed by atoms with Gasteiger partial charge in [0.2, 0.25) is 0 Å². The normalized spacial score (nSPS) is 14.9. The van der Waals surface area contributed by atoms with Crippen molar-refractivity contribution in [3.8, 4) is 27.9 Å². The van der Waals surface area contributed by atoms with Gasteiger partial charge in [0.05, 0.1) is 11.0 Å². The fourth-order valence-corrected chi connectivity index (χ4v) is 13.1. The topological polar surface area (TPSA) is 21.3 Å². The summed E-state index contributed by atoms with van der Waals surface area (Å²) in [6.45, 7) is 18.5. The number of aromatic nitrogens is 1. The Morgan fingerprint density at radius 3 is 2.08 bits per heavy atom. The lowest BCUT2D eigenvalue weighted by Gasteiger charge is -2.42. The predicted octanol–water partition coefficient (Wildman–Crippen LogP) is 15.2. The fraction of sp³-hybridized carbons (Fsp3) is 0.186. The summed E-state index contributed by atoms with van der Waals surface area (Å²) in [5.41, 5.74) is 21.3. The Morgan fingerprint density at radius 1 is 0.516 bits per heavy atom. The van der Waals surface area contributed by atoms with Crippen LogP contribution >= 0.6 is 11.3 Å². The Labute approximate surface area is 377 Å². The van der Waals surface area contributed by atoms with E-state index in [0.29, 0.717) is 0 Å². The van der Waals surface area contributed by atoms with E-state index in [9.17, 15) is 0 Å². The van der Waals surface area contributed by atoms with Crippen molar-refractivity contribution in [1.29, 1.82) is 0 Å². The highest BCUT2D eigenvalue weighted by Crippen LogP contribution is 2.53. The first-order valence-corrected chi connectivity index (χ1v) is 23.7. The predicted molar refractivity (Wildman–Crippen MR) is 275 cm³/mol. The minimum Gasteiger partial charge on any atom is -0.456 e. The van der Waals surface area contributed by atoms with Crippen LogP contribution in [0.4, 0.5) is 11.4 Å². The third-order valence-corrected chi connectivity index (χ3v) is 16.4. The van der Waals surface area contributed by atoms with Crippen LogP contribution in [0.5, 0.6) is 0 Å². The molecule has 3 aliphatic rings. The van der Waals surface area contributed by atoms with Crippen molar-refractivity contribution >= 4 is 104 Å². The van der Waals surface area contributed by atoms with Gasteiger partial charge in [0.15, 0.2) is 0 Å². The van der Waals surface area contributed by atoms with Gasteiger partial charge >= 0.3 is 6.85 Å². The van der Waals surface area contributed by atoms with E-state index in [-0.39, 0.29) is 23.1 Å². The van der Waals surface area contributed by atoms with Gasteiger partial charge < -0.3 is 13.8 Å². The molecule has 0 fully saturated rings. The minimum atomic E-state index is -0.119. The maximum atomic E-state index is 6.80. The van der Waals surface area contributed by atoms with Crippen LogP contribution in [0.3, 0.4) is 0 Å². The van der Waals surface area contributed by atoms with E-state index >= 15 is 0 Å². The number of furan rings is 1. The quantitative estimate of drug-likeness (QED) is 0.154. The molecule has 0 atom stereocenters. The van der Waals surface area contributed by atoms with Crippen LogP contribution in [0.1, 0.15) is 77.6 Å². The molecule has 0 spiro atoms. The van der Waals surface area contributed by atoms with Gasteiger partial charge in [-0.25, -0.2) is 0 Å². The van der Waals surface area contributed by atoms with E-state index in [1.165, 1.54) is 120 Å². The van der Waals surface area contributed by atoms with Gasteiger partial charge in [0, 0.05) is 69.8 Å². The molecule has 0 bridgehead atoms. The molecular weight excluding hydrogens is 796 g/mol. The van der Waals surface area contributed by atoms with Crippen molar-refractivity contribution in [2.24, 2.45) is 0 Å². The van der Waals surface area contributed by atoms with E-state index < -0.39 is 0 Å². The maximum Gasteiger partial charge on any atom is 0.333 e. The summed E-state index contributed by atoms with van der Waals surface area (Å²) in [6.07, 6.45) is 0. The van der Waals surface area contributed by atoms with Crippen LogP contribution in [0.2, 0.25) is 0 Å². The highest BCUT2D eigenvalue weighted by atomic mass is 32.1. The molecule has 8 aromatic carbocycles. The molecule has 11 aromatic rings. The number of thiophene rings is 1. The van der Waals surface area contributed by atoms with Gasteiger partial charge in [-0.15, -0.1) is 11.3 Å². The molecule has 3 nitrogen and oxygen atoms in total. The zero-order valence-electron chi connectivity index (χ0n) is 37.6. The third kappa shape index (κ3) is 4.68. The second-order valence-corrected chi connectivity index (χ2v) is 22.4. The number of anilines is 2. The Kier molecular flexibility index (Phi) is 6.89. The van der Waals surface area contributed by atoms with Crippen LogP contribution in [-0.4, -0.2) is 11.4 Å². The van der Waals surface area contributed by atoms with Crippen LogP contribution in [-0.2, 0) is 16.2 Å². The molecule has 308 valence electrons. The van der Waals surface area contributed by atoms with Gasteiger partial charge in [-0.3, -0.25) is 0 Å². The largest absolute Gasteiger partial charge is 0.456 e. The second kappa shape index (κ2) is 12.0. The first-order chi connectivity index (χ1) is 30.7. The molecule has 0 saturated carbocycles. The van der Waals surface area contributed by atoms with Crippen LogP contribution in [0.25, 0.3) is 91.9 Å². The Hall–Kier alpha value is -6.56. The number of nitrogens with zero attached hydrogens (tertiary/aromatic N) is 2. The van der Waals surface area contributed by atoms with Crippen LogP contribution < -0.4 is 15.7 Å². The van der Waals surface area contributed by atoms with Crippen molar-refractivity contribution in [2.75, 3.05) is 4.81 Å². The molecule has 3 aromatic heterocycles. The molecule has 2 aliphatic heterocycles. The lowest BCUT2D eigenvalue weighted by molar-refractivity contribution is 0.590. The van der Waals surface area contributed by atoms with Gasteiger partial charge in [-0.05, 0) is 121 Å². The average Bonchev–Trinajstić information content (AvgIpc) is 3.99. The zero-order chi connectivity index (χ0) is 43.3. The molecule has 0 N–H and O–H groups in total. The number of hydrogen-bond acceptors (Lipinski definition) is 3. The van der Waals surface area contributed by atoms with E-state index in [2.05, 4.69) is 204 Å². The lowest BCUT2D eigenvalue weighted by Crippen LogP contribution is -2.60. The molecule has 0 unspecified atom stereocenters. The Balaban J connectivity index is 1.15.